The van der Waals surface area contributed by atoms with E-state index < -0.39 is 50.5 Å². The summed E-state index contributed by atoms with van der Waals surface area (Å²) < 4.78 is -0.984. The molecule has 0 aromatic carbocycles. The molecular weight excluding hydrogens is 624 g/mol. The molecule has 32 heavy (non-hydrogen) atoms. The predicted octanol–water partition coefficient (Wildman–Crippen LogP) is 4.15. The van der Waals surface area contributed by atoms with Gasteiger partial charge in [0.2, 0.25) is 0 Å². The van der Waals surface area contributed by atoms with Gasteiger partial charge in [0, 0.05) is 23.6 Å². The number of azo groups is 2. The fraction of sp³-hybridized carbons (Fsp3) is 0.667. The van der Waals surface area contributed by atoms with Crippen LogP contribution in [0.4, 0.5) is 0 Å². The molecule has 0 aromatic rings. The number of rotatable bonds is 9. The molecule has 0 aromatic heterocycles. The monoisotopic (exact) mass is 620 g/mol. The van der Waals surface area contributed by atoms with Gasteiger partial charge in [0.25, 0.3) is 8.91 Å². The third kappa shape index (κ3) is 6.07. The topological polar surface area (TPSA) is 247 Å². The average molecular weight is 624 g/mol. The first-order valence-electron chi connectivity index (χ1n) is 6.32. The minimum absolute atomic E-state index is 1.59. The van der Waals surface area contributed by atoms with Gasteiger partial charge >= 0.3 is 21.9 Å². The van der Waals surface area contributed by atoms with Crippen molar-refractivity contribution in [3.8, 4) is 0 Å². The van der Waals surface area contributed by atoms with Crippen LogP contribution in [0.1, 0.15) is 0 Å². The molecule has 0 amide bonds. The summed E-state index contributed by atoms with van der Waals surface area (Å²) in [6.07, 6.45) is 0. The van der Waals surface area contributed by atoms with Gasteiger partial charge in [0.15, 0.2) is 0 Å². The molecule has 0 aliphatic rings. The van der Waals surface area contributed by atoms with E-state index in [1.807, 2.05) is 0 Å². The van der Waals surface area contributed by atoms with Crippen LogP contribution in [0.15, 0.2) is 29.5 Å². The molecule has 0 unspecified atom stereocenters. The summed E-state index contributed by atoms with van der Waals surface area (Å²) in [5, 5.41) is 47.6. The summed E-state index contributed by atoms with van der Waals surface area (Å²) in [5.74, 6) is -3.18. The van der Waals surface area contributed by atoms with E-state index in [-0.39, 0.29) is 0 Å². The van der Waals surface area contributed by atoms with Crippen molar-refractivity contribution < 1.29 is 19.7 Å². The summed E-state index contributed by atoms with van der Waals surface area (Å²) in [6, 6.07) is 0. The molecule has 0 heterocycles. The summed E-state index contributed by atoms with van der Waals surface area (Å²) in [5.41, 5.74) is 0. The van der Waals surface area contributed by atoms with E-state index in [4.69, 9.17) is 93.2 Å². The van der Waals surface area contributed by atoms with Gasteiger partial charge in [-0.2, -0.15) is 0 Å². The van der Waals surface area contributed by atoms with E-state index >= 15 is 0 Å². The second-order valence-corrected chi connectivity index (χ2v) is 8.47. The van der Waals surface area contributed by atoms with E-state index in [0.717, 1.165) is 0 Å². The van der Waals surface area contributed by atoms with Crippen LogP contribution in [0.25, 0.3) is 0 Å². The molecule has 0 rings (SSSR count). The highest BCUT2D eigenvalue weighted by Crippen LogP contribution is 2.46. The molecular formula is C6Cl8N10O8. The molecule has 178 valence electrons. The standard InChI is InChI=1S/C6Cl8N10O8/c7-3(21(25)26,22(27)28)1(15-13)17-19-5(9,10)6(11,12)20-18-2(16-14)4(8,23(29)30)24(31)32/b15-1-,16-2-,19-17?,20-18?. The SMILES string of the molecule is O=[N+]([O-])C(Cl)(/C(N=NC(Cl)(Cl)C(Cl)(Cl)N=N/C(=N\Cl)C(Cl)([N+](=O)[O-])[N+](=O)[O-])=N/Cl)[N+](=O)[O-]. The Bertz CT molecular complexity index is 832. The van der Waals surface area contributed by atoms with Crippen LogP contribution in [0.3, 0.4) is 0 Å². The molecule has 0 N–H and O–H groups in total. The van der Waals surface area contributed by atoms with Crippen molar-refractivity contribution in [1.82, 2.24) is 0 Å². The Labute approximate surface area is 213 Å². The normalized spacial score (nSPS) is 14.8. The largest absolute Gasteiger partial charge is 0.600 e. The highest BCUT2D eigenvalue weighted by molar-refractivity contribution is 6.62. The van der Waals surface area contributed by atoms with Crippen LogP contribution in [-0.2, 0) is 0 Å². The number of amidine groups is 2. The van der Waals surface area contributed by atoms with E-state index in [9.17, 15) is 40.5 Å². The maximum absolute atomic E-state index is 10.9. The summed E-state index contributed by atoms with van der Waals surface area (Å²) in [6.45, 7) is 0. The zero-order valence-corrected chi connectivity index (χ0v) is 19.8. The lowest BCUT2D eigenvalue weighted by atomic mass is 10.5. The van der Waals surface area contributed by atoms with E-state index in [1.165, 1.54) is 0 Å². The highest BCUT2D eigenvalue weighted by Gasteiger charge is 2.64. The minimum atomic E-state index is -3.76. The van der Waals surface area contributed by atoms with Crippen molar-refractivity contribution in [1.29, 1.82) is 0 Å². The molecule has 0 atom stereocenters. The maximum atomic E-state index is 10.9. The van der Waals surface area contributed by atoms with Gasteiger partial charge in [-0.05, 0) is 0 Å². The van der Waals surface area contributed by atoms with Gasteiger partial charge in [-0.25, -0.2) is 0 Å². The quantitative estimate of drug-likeness (QED) is 0.0526. The molecule has 0 saturated carbocycles. The van der Waals surface area contributed by atoms with Crippen LogP contribution in [0.2, 0.25) is 0 Å². The van der Waals surface area contributed by atoms with Gasteiger partial charge in [-0.1, -0.05) is 46.4 Å². The Hall–Kier alpha value is -1.54. The van der Waals surface area contributed by atoms with Crippen molar-refractivity contribution in [3.63, 3.8) is 0 Å². The third-order valence-electron chi connectivity index (χ3n) is 2.60. The van der Waals surface area contributed by atoms with Crippen molar-refractivity contribution in [2.45, 2.75) is 19.2 Å². The molecule has 0 saturated heterocycles. The second-order valence-electron chi connectivity index (χ2n) is 4.50. The number of nitro groups is 4. The highest BCUT2D eigenvalue weighted by atomic mass is 35.5. The Morgan fingerprint density at radius 3 is 0.938 bits per heavy atom. The van der Waals surface area contributed by atoms with Crippen LogP contribution in [0, 0.1) is 40.5 Å². The molecule has 0 radical (unpaired) electrons. The number of nitrogens with zero attached hydrogens (tertiary/aromatic N) is 10. The molecule has 0 bridgehead atoms. The average Bonchev–Trinajstić information content (AvgIpc) is 2.67. The van der Waals surface area contributed by atoms with Crippen molar-refractivity contribution in [2.75, 3.05) is 0 Å². The molecule has 18 nitrogen and oxygen atoms in total. The Morgan fingerprint density at radius 2 is 0.781 bits per heavy atom. The first-order chi connectivity index (χ1) is 14.4. The molecule has 26 heteroatoms. The predicted molar refractivity (Wildman–Crippen MR) is 110 cm³/mol. The lowest BCUT2D eigenvalue weighted by Gasteiger charge is -2.22. The number of hydrogen-bond donors (Lipinski definition) is 0. The van der Waals surface area contributed by atoms with E-state index in [0.29, 0.717) is 0 Å². The number of alkyl halides is 6. The first kappa shape index (κ1) is 30.5. The lowest BCUT2D eigenvalue weighted by molar-refractivity contribution is -0.742. The summed E-state index contributed by atoms with van der Waals surface area (Å²) >= 11 is 43.0. The fourth-order valence-electron chi connectivity index (χ4n) is 1.07. The molecule has 0 aliphatic carbocycles. The van der Waals surface area contributed by atoms with Gasteiger partial charge < -0.3 is 0 Å². The fourth-order valence-corrected chi connectivity index (χ4v) is 1.92. The van der Waals surface area contributed by atoms with Crippen molar-refractivity contribution >= 4 is 105 Å². The molecule has 0 spiro atoms. The summed E-state index contributed by atoms with van der Waals surface area (Å²) in [7, 11) is 0. The lowest BCUT2D eigenvalue weighted by Crippen LogP contribution is -2.47. The summed E-state index contributed by atoms with van der Waals surface area (Å²) in [4.78, 5) is 36.9. The van der Waals surface area contributed by atoms with E-state index in [1.54, 1.807) is 0 Å². The second kappa shape index (κ2) is 11.1. The van der Waals surface area contributed by atoms with Gasteiger partial charge in [0.05, 0.1) is 23.2 Å². The van der Waals surface area contributed by atoms with E-state index in [2.05, 4.69) is 29.5 Å². The Kier molecular flexibility index (Phi) is 10.5. The van der Waals surface area contributed by atoms with Crippen LogP contribution in [-0.4, -0.2) is 50.5 Å². The van der Waals surface area contributed by atoms with Crippen molar-refractivity contribution in [2.24, 2.45) is 29.5 Å². The zero-order chi connectivity index (χ0) is 25.7. The first-order valence-corrected chi connectivity index (χ1v) is 9.26. The number of hydrogen-bond acceptors (Lipinski definition) is 12. The van der Waals surface area contributed by atoms with Crippen molar-refractivity contribution in [3.05, 3.63) is 40.5 Å². The van der Waals surface area contributed by atoms with Gasteiger partial charge in [-0.3, -0.25) is 40.5 Å². The smallest absolute Gasteiger partial charge is 0.257 e. The minimum Gasteiger partial charge on any atom is -0.257 e. The van der Waals surface area contributed by atoms with Gasteiger partial charge in [-0.15, -0.1) is 29.5 Å². The van der Waals surface area contributed by atoms with Crippen LogP contribution >= 0.6 is 93.2 Å². The third-order valence-corrected chi connectivity index (χ3v) is 5.59. The number of halogens is 8. The zero-order valence-electron chi connectivity index (χ0n) is 13.8. The van der Waals surface area contributed by atoms with Crippen LogP contribution in [0.5, 0.6) is 0 Å². The Balaban J connectivity index is 6.23. The molecule has 0 aliphatic heterocycles. The van der Waals surface area contributed by atoms with Gasteiger partial charge in [0.1, 0.15) is 19.7 Å². The van der Waals surface area contributed by atoms with Crippen LogP contribution < -0.4 is 0 Å². The maximum Gasteiger partial charge on any atom is 0.600 e. The Morgan fingerprint density at radius 1 is 0.562 bits per heavy atom. The molecule has 0 fully saturated rings.